The molecule has 0 aromatic heterocycles. The van der Waals surface area contributed by atoms with Gasteiger partial charge in [-0.1, -0.05) is 36.4 Å². The first-order valence-corrected chi connectivity index (χ1v) is 30.3. The lowest BCUT2D eigenvalue weighted by molar-refractivity contribution is -0.268. The smallest absolute Gasteiger partial charge is 0.409 e. The second-order valence-electron chi connectivity index (χ2n) is 14.9. The maximum absolute atomic E-state index is 14.2. The number of hydrogen-bond donors (Lipinski definition) is 0. The maximum Gasteiger partial charge on any atom is 0.587 e. The predicted octanol–water partition coefficient (Wildman–Crippen LogP) is 8.51. The van der Waals surface area contributed by atoms with Crippen molar-refractivity contribution in [1.29, 1.82) is 0 Å². The molecule has 248 valence electrons. The van der Waals surface area contributed by atoms with Gasteiger partial charge in [-0.15, -0.1) is 0 Å². The first kappa shape index (κ1) is 37.4. The van der Waals surface area contributed by atoms with E-state index in [1.165, 1.54) is 0 Å². The van der Waals surface area contributed by atoms with Crippen LogP contribution in [0.4, 0.5) is 0 Å². The molecule has 1 fully saturated rings. The summed E-state index contributed by atoms with van der Waals surface area (Å²) >= 11 is 0. The van der Waals surface area contributed by atoms with Crippen LogP contribution in [0.5, 0.6) is 11.5 Å². The van der Waals surface area contributed by atoms with Gasteiger partial charge >= 0.3 is 7.82 Å². The van der Waals surface area contributed by atoms with Crippen LogP contribution in [0.25, 0.3) is 0 Å². The third kappa shape index (κ3) is 13.0. The fourth-order valence-electron chi connectivity index (χ4n) is 4.54. The Hall–Kier alpha value is -1.10. The standard InChI is InChI=1S/C30H53O9PSi4/c1-41(2,3)36-27-26(23-32-40(31,34-24-19-15-13-16-20-24)35-25-21-17-14-18-22-25)33-30(39-44(10,11)12)29(38-43(7,8)9)28(27)37-42(4,5)6/h13-22,26-30H,23H2,1-12H3/t26-,27-,28+,29+,30-/m1/s1. The average molecular weight is 701 g/mol. The van der Waals surface area contributed by atoms with E-state index in [1.807, 2.05) is 12.1 Å². The van der Waals surface area contributed by atoms with Crippen LogP contribution in [-0.4, -0.2) is 70.6 Å². The molecule has 0 N–H and O–H groups in total. The van der Waals surface area contributed by atoms with Gasteiger partial charge in [0.25, 0.3) is 0 Å². The highest BCUT2D eigenvalue weighted by atomic mass is 31.2. The summed E-state index contributed by atoms with van der Waals surface area (Å²) in [5, 5.41) is 0. The van der Waals surface area contributed by atoms with E-state index < -0.39 is 71.8 Å². The number of phosphoric ester groups is 1. The van der Waals surface area contributed by atoms with Gasteiger partial charge in [0.05, 0.1) is 6.61 Å². The Morgan fingerprint density at radius 2 is 0.955 bits per heavy atom. The lowest BCUT2D eigenvalue weighted by Crippen LogP contribution is -2.67. The van der Waals surface area contributed by atoms with Gasteiger partial charge in [0.1, 0.15) is 35.9 Å². The number of ether oxygens (including phenoxy) is 1. The monoisotopic (exact) mass is 700 g/mol. The quantitative estimate of drug-likeness (QED) is 0.134. The Morgan fingerprint density at radius 1 is 0.568 bits per heavy atom. The summed E-state index contributed by atoms with van der Waals surface area (Å²) in [5.41, 5.74) is 0. The van der Waals surface area contributed by atoms with E-state index in [2.05, 4.69) is 78.6 Å². The second kappa shape index (κ2) is 14.8. The Morgan fingerprint density at radius 3 is 1.36 bits per heavy atom. The van der Waals surface area contributed by atoms with E-state index in [4.69, 9.17) is 36.0 Å². The molecule has 9 nitrogen and oxygen atoms in total. The molecule has 14 heteroatoms. The van der Waals surface area contributed by atoms with Crippen LogP contribution in [0.2, 0.25) is 78.6 Å². The van der Waals surface area contributed by atoms with Crippen molar-refractivity contribution in [3.05, 3.63) is 60.7 Å². The van der Waals surface area contributed by atoms with Gasteiger partial charge in [-0.05, 0) is 103 Å². The number of hydrogen-bond acceptors (Lipinski definition) is 9. The van der Waals surface area contributed by atoms with Crippen LogP contribution >= 0.6 is 7.82 Å². The van der Waals surface area contributed by atoms with Gasteiger partial charge in [0, 0.05) is 0 Å². The molecule has 0 spiro atoms. The van der Waals surface area contributed by atoms with Crippen molar-refractivity contribution in [2.24, 2.45) is 0 Å². The highest BCUT2D eigenvalue weighted by Crippen LogP contribution is 2.50. The van der Waals surface area contributed by atoms with Crippen LogP contribution in [-0.2, 0) is 31.5 Å². The Balaban J connectivity index is 2.04. The van der Waals surface area contributed by atoms with E-state index in [0.29, 0.717) is 11.5 Å². The molecule has 2 aromatic rings. The van der Waals surface area contributed by atoms with Crippen LogP contribution in [0.3, 0.4) is 0 Å². The van der Waals surface area contributed by atoms with E-state index >= 15 is 0 Å². The lowest BCUT2D eigenvalue weighted by atomic mass is 9.99. The summed E-state index contributed by atoms with van der Waals surface area (Å²) in [6.45, 7) is 25.4. The minimum absolute atomic E-state index is 0.150. The molecule has 0 unspecified atom stereocenters. The van der Waals surface area contributed by atoms with E-state index in [0.717, 1.165) is 0 Å². The van der Waals surface area contributed by atoms with Crippen molar-refractivity contribution in [3.63, 3.8) is 0 Å². The SMILES string of the molecule is C[Si](C)(C)O[C@H]1O[C@H](COP(=O)(Oc2ccccc2)Oc2ccccc2)[C@@H](O[Si](C)(C)C)[C@H](O[Si](C)(C)C)[C@@H]1O[Si](C)(C)C. The van der Waals surface area contributed by atoms with E-state index in [1.54, 1.807) is 48.5 Å². The van der Waals surface area contributed by atoms with Crippen molar-refractivity contribution >= 4 is 41.1 Å². The van der Waals surface area contributed by atoms with Gasteiger partial charge in [0.15, 0.2) is 39.6 Å². The predicted molar refractivity (Wildman–Crippen MR) is 185 cm³/mol. The van der Waals surface area contributed by atoms with E-state index in [9.17, 15) is 4.57 Å². The molecule has 3 rings (SSSR count). The summed E-state index contributed by atoms with van der Waals surface area (Å²) in [7, 11) is -12.7. The minimum Gasteiger partial charge on any atom is -0.409 e. The van der Waals surface area contributed by atoms with Crippen LogP contribution < -0.4 is 9.05 Å². The summed E-state index contributed by atoms with van der Waals surface area (Å²) < 4.78 is 66.0. The zero-order chi connectivity index (χ0) is 33.0. The van der Waals surface area contributed by atoms with Crippen molar-refractivity contribution in [3.8, 4) is 11.5 Å². The first-order chi connectivity index (χ1) is 20.1. The largest absolute Gasteiger partial charge is 0.587 e. The molecule has 0 bridgehead atoms. The van der Waals surface area contributed by atoms with Crippen LogP contribution in [0.15, 0.2) is 60.7 Å². The number of phosphoric acid groups is 1. The van der Waals surface area contributed by atoms with Gasteiger partial charge in [-0.25, -0.2) is 4.57 Å². The van der Waals surface area contributed by atoms with Crippen LogP contribution in [0, 0.1) is 0 Å². The van der Waals surface area contributed by atoms with Crippen molar-refractivity contribution in [2.75, 3.05) is 6.61 Å². The van der Waals surface area contributed by atoms with Crippen molar-refractivity contribution in [1.82, 2.24) is 0 Å². The highest BCUT2D eigenvalue weighted by Gasteiger charge is 2.53. The molecule has 0 radical (unpaired) electrons. The third-order valence-electron chi connectivity index (χ3n) is 5.85. The fraction of sp³-hybridized carbons (Fsp3) is 0.600. The normalized spacial score (nSPS) is 23.8. The van der Waals surface area contributed by atoms with Gasteiger partial charge in [-0.2, -0.15) is 0 Å². The zero-order valence-electron chi connectivity index (χ0n) is 28.5. The average Bonchev–Trinajstić information content (AvgIpc) is 2.85. The van der Waals surface area contributed by atoms with Crippen LogP contribution in [0.1, 0.15) is 0 Å². The molecule has 0 amide bonds. The van der Waals surface area contributed by atoms with Gasteiger partial charge in [0.2, 0.25) is 0 Å². The van der Waals surface area contributed by atoms with Crippen molar-refractivity contribution < 1.29 is 40.6 Å². The maximum atomic E-state index is 14.2. The number of para-hydroxylation sites is 2. The van der Waals surface area contributed by atoms with E-state index in [-0.39, 0.29) is 6.61 Å². The lowest BCUT2D eigenvalue weighted by Gasteiger charge is -2.51. The topological polar surface area (TPSA) is 90.9 Å². The molecule has 2 aromatic carbocycles. The molecular formula is C30H53O9PSi4. The summed E-state index contributed by atoms with van der Waals surface area (Å²) in [5.74, 6) is 0.712. The Kier molecular flexibility index (Phi) is 12.5. The molecule has 0 aliphatic carbocycles. The number of benzene rings is 2. The third-order valence-corrected chi connectivity index (χ3v) is 11.1. The Labute approximate surface area is 269 Å². The summed E-state index contributed by atoms with van der Waals surface area (Å²) in [6.07, 6.45) is -3.01. The zero-order valence-corrected chi connectivity index (χ0v) is 33.4. The molecular weight excluding hydrogens is 648 g/mol. The molecule has 1 saturated heterocycles. The first-order valence-electron chi connectivity index (χ1n) is 15.2. The van der Waals surface area contributed by atoms with Gasteiger partial charge in [-0.3, -0.25) is 4.52 Å². The number of rotatable bonds is 15. The summed E-state index contributed by atoms with van der Waals surface area (Å²) in [6, 6.07) is 17.7. The van der Waals surface area contributed by atoms with Crippen molar-refractivity contribution in [2.45, 2.75) is 109 Å². The molecule has 1 aliphatic rings. The second-order valence-corrected chi connectivity index (χ2v) is 34.3. The fourth-order valence-corrected chi connectivity index (χ4v) is 9.91. The molecule has 1 heterocycles. The Bertz CT molecular complexity index is 1170. The van der Waals surface area contributed by atoms with Gasteiger partial charge < -0.3 is 31.5 Å². The highest BCUT2D eigenvalue weighted by molar-refractivity contribution is 7.49. The molecule has 44 heavy (non-hydrogen) atoms. The molecule has 5 atom stereocenters. The minimum atomic E-state index is -4.19. The molecule has 0 saturated carbocycles. The summed E-state index contributed by atoms with van der Waals surface area (Å²) in [4.78, 5) is 0. The molecule has 1 aliphatic heterocycles.